The Balaban J connectivity index is 1.33. The molecule has 1 aromatic carbocycles. The van der Waals surface area contributed by atoms with Gasteiger partial charge in [-0.2, -0.15) is 4.31 Å². The highest BCUT2D eigenvalue weighted by Gasteiger charge is 2.31. The molecule has 0 bridgehead atoms. The first-order valence-electron chi connectivity index (χ1n) is 9.58. The maximum absolute atomic E-state index is 13.1. The van der Waals surface area contributed by atoms with Crippen molar-refractivity contribution in [2.45, 2.75) is 37.0 Å². The van der Waals surface area contributed by atoms with E-state index >= 15 is 0 Å². The number of aryl methyl sites for hydroxylation is 1. The zero-order valence-corrected chi connectivity index (χ0v) is 16.5. The van der Waals surface area contributed by atoms with Crippen LogP contribution in [0.25, 0.3) is 5.65 Å². The van der Waals surface area contributed by atoms with Gasteiger partial charge in [0, 0.05) is 37.8 Å². The highest BCUT2D eigenvalue weighted by atomic mass is 32.2. The Morgan fingerprint density at radius 3 is 2.82 bits per heavy atom. The Bertz CT molecular complexity index is 1150. The van der Waals surface area contributed by atoms with E-state index in [0.29, 0.717) is 24.6 Å². The van der Waals surface area contributed by atoms with Gasteiger partial charge >= 0.3 is 0 Å². The summed E-state index contributed by atoms with van der Waals surface area (Å²) in [6.45, 7) is 3.59. The van der Waals surface area contributed by atoms with Crippen molar-refractivity contribution in [3.63, 3.8) is 0 Å². The summed E-state index contributed by atoms with van der Waals surface area (Å²) >= 11 is 0. The fourth-order valence-corrected chi connectivity index (χ4v) is 5.64. The number of sulfonamides is 1. The largest absolute Gasteiger partial charge is 0.493 e. The molecule has 0 N–H and O–H groups in total. The number of rotatable bonds is 3. The molecule has 4 heterocycles. The standard InChI is InChI=1S/C20H22N4O3S/c1-14-12-23-13-18(21-11-20(23)22-14)15-4-7-24(8-5-15)28(25,26)17-2-3-19-16(10-17)6-9-27-19/h2-3,10-13,15H,4-9H2,1H3. The van der Waals surface area contributed by atoms with E-state index in [1.54, 1.807) is 28.7 Å². The predicted octanol–water partition coefficient (Wildman–Crippen LogP) is 2.54. The van der Waals surface area contributed by atoms with Crippen LogP contribution in [0.1, 0.15) is 35.7 Å². The van der Waals surface area contributed by atoms with Crippen molar-refractivity contribution in [2.24, 2.45) is 0 Å². The van der Waals surface area contributed by atoms with Gasteiger partial charge in [0.15, 0.2) is 5.65 Å². The lowest BCUT2D eigenvalue weighted by atomic mass is 9.95. The third-order valence-corrected chi connectivity index (χ3v) is 7.55. The summed E-state index contributed by atoms with van der Waals surface area (Å²) in [5.74, 6) is 1.06. The number of piperidine rings is 1. The van der Waals surface area contributed by atoms with Gasteiger partial charge in [-0.15, -0.1) is 0 Å². The Labute approximate surface area is 164 Å². The first-order valence-corrected chi connectivity index (χ1v) is 11.0. The SMILES string of the molecule is Cc1cn2cc(C3CCN(S(=O)(=O)c4ccc5c(c4)CCO5)CC3)ncc2n1. The van der Waals surface area contributed by atoms with E-state index in [-0.39, 0.29) is 5.92 Å². The lowest BCUT2D eigenvalue weighted by Gasteiger charge is -2.31. The Hall–Kier alpha value is -2.45. The average molecular weight is 398 g/mol. The topological polar surface area (TPSA) is 76.8 Å². The van der Waals surface area contributed by atoms with Gasteiger partial charge in [0.1, 0.15) is 5.75 Å². The van der Waals surface area contributed by atoms with E-state index in [1.807, 2.05) is 23.7 Å². The molecular formula is C20H22N4O3S. The third kappa shape index (κ3) is 2.97. The summed E-state index contributed by atoms with van der Waals surface area (Å²) in [4.78, 5) is 9.33. The van der Waals surface area contributed by atoms with Crippen LogP contribution in [0.4, 0.5) is 0 Å². The molecule has 2 aliphatic rings. The van der Waals surface area contributed by atoms with Crippen molar-refractivity contribution in [3.8, 4) is 5.75 Å². The minimum atomic E-state index is -3.48. The predicted molar refractivity (Wildman–Crippen MR) is 104 cm³/mol. The number of ether oxygens (including phenoxy) is 1. The highest BCUT2D eigenvalue weighted by molar-refractivity contribution is 7.89. The molecule has 0 radical (unpaired) electrons. The molecule has 0 unspecified atom stereocenters. The quantitative estimate of drug-likeness (QED) is 0.678. The van der Waals surface area contributed by atoms with Crippen LogP contribution in [0.2, 0.25) is 0 Å². The lowest BCUT2D eigenvalue weighted by Crippen LogP contribution is -2.38. The van der Waals surface area contributed by atoms with Crippen molar-refractivity contribution in [3.05, 3.63) is 53.7 Å². The molecule has 0 amide bonds. The summed E-state index contributed by atoms with van der Waals surface area (Å²) in [7, 11) is -3.48. The van der Waals surface area contributed by atoms with Crippen LogP contribution in [0.3, 0.4) is 0 Å². The highest BCUT2D eigenvalue weighted by Crippen LogP contribution is 2.32. The third-order valence-electron chi connectivity index (χ3n) is 5.65. The van der Waals surface area contributed by atoms with E-state index in [9.17, 15) is 8.42 Å². The number of aromatic nitrogens is 3. The van der Waals surface area contributed by atoms with Gasteiger partial charge in [0.05, 0.1) is 29.1 Å². The zero-order valence-electron chi connectivity index (χ0n) is 15.7. The molecule has 2 aromatic heterocycles. The Morgan fingerprint density at radius 2 is 2.00 bits per heavy atom. The molecule has 0 spiro atoms. The summed E-state index contributed by atoms with van der Waals surface area (Å²) in [6, 6.07) is 5.19. The molecule has 1 saturated heterocycles. The maximum atomic E-state index is 13.1. The van der Waals surface area contributed by atoms with E-state index in [0.717, 1.165) is 47.6 Å². The smallest absolute Gasteiger partial charge is 0.243 e. The molecule has 146 valence electrons. The number of nitrogens with zero attached hydrogens (tertiary/aromatic N) is 4. The second kappa shape index (κ2) is 6.56. The second-order valence-corrected chi connectivity index (χ2v) is 9.44. The van der Waals surface area contributed by atoms with Gasteiger partial charge in [0.2, 0.25) is 10.0 Å². The fourth-order valence-electron chi connectivity index (χ4n) is 4.12. The molecule has 8 heteroatoms. The maximum Gasteiger partial charge on any atom is 0.243 e. The molecule has 0 atom stereocenters. The molecule has 1 fully saturated rings. The minimum Gasteiger partial charge on any atom is -0.493 e. The van der Waals surface area contributed by atoms with Crippen LogP contribution in [0, 0.1) is 6.92 Å². The second-order valence-electron chi connectivity index (χ2n) is 7.51. The Morgan fingerprint density at radius 1 is 1.18 bits per heavy atom. The van der Waals surface area contributed by atoms with Crippen molar-refractivity contribution in [2.75, 3.05) is 19.7 Å². The monoisotopic (exact) mass is 398 g/mol. The summed E-state index contributed by atoms with van der Waals surface area (Å²) < 4.78 is 35.2. The number of fused-ring (bicyclic) bond motifs is 2. The number of benzene rings is 1. The molecule has 28 heavy (non-hydrogen) atoms. The van der Waals surface area contributed by atoms with E-state index in [2.05, 4.69) is 9.97 Å². The van der Waals surface area contributed by atoms with Gasteiger partial charge in [-0.05, 0) is 43.5 Å². The van der Waals surface area contributed by atoms with Gasteiger partial charge in [-0.1, -0.05) is 0 Å². The molecular weight excluding hydrogens is 376 g/mol. The van der Waals surface area contributed by atoms with Gasteiger partial charge in [-0.3, -0.25) is 4.98 Å². The van der Waals surface area contributed by atoms with Crippen molar-refractivity contribution in [1.29, 1.82) is 0 Å². The van der Waals surface area contributed by atoms with Crippen LogP contribution in [0.15, 0.2) is 41.7 Å². The first kappa shape index (κ1) is 17.6. The number of imidazole rings is 1. The summed E-state index contributed by atoms with van der Waals surface area (Å²) in [5.41, 5.74) is 3.77. The van der Waals surface area contributed by atoms with Crippen molar-refractivity contribution < 1.29 is 13.2 Å². The van der Waals surface area contributed by atoms with E-state index in [1.165, 1.54) is 0 Å². The van der Waals surface area contributed by atoms with Crippen LogP contribution in [-0.4, -0.2) is 46.8 Å². The van der Waals surface area contributed by atoms with Gasteiger partial charge in [0.25, 0.3) is 0 Å². The molecule has 0 saturated carbocycles. The minimum absolute atomic E-state index is 0.256. The normalized spacial score (nSPS) is 18.3. The fraction of sp³-hybridized carbons (Fsp3) is 0.400. The van der Waals surface area contributed by atoms with E-state index < -0.39 is 10.0 Å². The van der Waals surface area contributed by atoms with Crippen LogP contribution in [0.5, 0.6) is 5.75 Å². The Kier molecular flexibility index (Phi) is 4.13. The molecule has 7 nitrogen and oxygen atoms in total. The number of hydrogen-bond donors (Lipinski definition) is 0. The van der Waals surface area contributed by atoms with Crippen LogP contribution in [-0.2, 0) is 16.4 Å². The average Bonchev–Trinajstić information content (AvgIpc) is 3.32. The number of hydrogen-bond acceptors (Lipinski definition) is 5. The molecule has 3 aromatic rings. The lowest BCUT2D eigenvalue weighted by molar-refractivity contribution is 0.316. The summed E-state index contributed by atoms with van der Waals surface area (Å²) in [6.07, 6.45) is 8.09. The summed E-state index contributed by atoms with van der Waals surface area (Å²) in [5, 5.41) is 0. The molecule has 0 aliphatic carbocycles. The first-order chi connectivity index (χ1) is 13.5. The van der Waals surface area contributed by atoms with Crippen LogP contribution >= 0.6 is 0 Å². The van der Waals surface area contributed by atoms with Crippen LogP contribution < -0.4 is 4.74 Å². The zero-order chi connectivity index (χ0) is 19.3. The molecule has 2 aliphatic heterocycles. The van der Waals surface area contributed by atoms with E-state index in [4.69, 9.17) is 4.74 Å². The van der Waals surface area contributed by atoms with Gasteiger partial charge < -0.3 is 9.14 Å². The van der Waals surface area contributed by atoms with Crippen molar-refractivity contribution in [1.82, 2.24) is 18.7 Å². The van der Waals surface area contributed by atoms with Gasteiger partial charge in [-0.25, -0.2) is 13.4 Å². The molecule has 5 rings (SSSR count). The van der Waals surface area contributed by atoms with Crippen molar-refractivity contribution >= 4 is 15.7 Å².